The molecule has 2 N–H and O–H groups in total. The Bertz CT molecular complexity index is 1080. The Morgan fingerprint density at radius 2 is 2.03 bits per heavy atom. The fraction of sp³-hybridized carbons (Fsp3) is 0.174. The van der Waals surface area contributed by atoms with E-state index in [1.807, 2.05) is 48.7 Å². The highest BCUT2D eigenvalue weighted by Crippen LogP contribution is 2.28. The van der Waals surface area contributed by atoms with E-state index in [1.165, 1.54) is 11.6 Å². The number of nitrogens with one attached hydrogen (secondary N) is 2. The molecule has 2 amide bonds. The van der Waals surface area contributed by atoms with Gasteiger partial charge in [0.2, 0.25) is 11.8 Å². The minimum atomic E-state index is -0.276. The molecule has 0 bridgehead atoms. The number of carbonyl (C=O) groups is 2. The van der Waals surface area contributed by atoms with Gasteiger partial charge in [-0.25, -0.2) is 4.98 Å². The van der Waals surface area contributed by atoms with E-state index in [4.69, 9.17) is 0 Å². The largest absolute Gasteiger partial charge is 0.346 e. The van der Waals surface area contributed by atoms with Crippen molar-refractivity contribution in [1.82, 2.24) is 20.2 Å². The number of aromatic nitrogens is 2. The van der Waals surface area contributed by atoms with Crippen molar-refractivity contribution >= 4 is 34.5 Å². The maximum Gasteiger partial charge on any atom is 0.244 e. The lowest BCUT2D eigenvalue weighted by molar-refractivity contribution is -0.131. The van der Waals surface area contributed by atoms with Gasteiger partial charge in [0.25, 0.3) is 0 Å². The molecule has 1 aliphatic heterocycles. The maximum atomic E-state index is 12.4. The molecule has 146 valence electrons. The van der Waals surface area contributed by atoms with Crippen LogP contribution in [0.15, 0.2) is 67.0 Å². The van der Waals surface area contributed by atoms with E-state index >= 15 is 0 Å². The number of aromatic amines is 1. The predicted octanol–water partition coefficient (Wildman–Crippen LogP) is 3.01. The normalized spacial score (nSPS) is 14.2. The van der Waals surface area contributed by atoms with Gasteiger partial charge in [0, 0.05) is 42.5 Å². The van der Waals surface area contributed by atoms with Crippen LogP contribution in [0.25, 0.3) is 22.7 Å². The fourth-order valence-electron chi connectivity index (χ4n) is 3.43. The van der Waals surface area contributed by atoms with E-state index in [2.05, 4.69) is 21.4 Å². The summed E-state index contributed by atoms with van der Waals surface area (Å²) in [5.74, 6) is -0.357. The van der Waals surface area contributed by atoms with Crippen LogP contribution in [0, 0.1) is 0 Å². The lowest BCUT2D eigenvalue weighted by Gasteiger charge is -2.26. The van der Waals surface area contributed by atoms with Crippen LogP contribution in [-0.4, -0.2) is 46.3 Å². The van der Waals surface area contributed by atoms with Crippen LogP contribution < -0.4 is 5.32 Å². The lowest BCUT2D eigenvalue weighted by atomic mass is 9.99. The van der Waals surface area contributed by atoms with Crippen LogP contribution in [0.1, 0.15) is 17.5 Å². The molecule has 6 nitrogen and oxygen atoms in total. The second-order valence-corrected chi connectivity index (χ2v) is 6.88. The molecule has 1 aliphatic rings. The number of carbonyl (C=O) groups excluding carboxylic acids is 2. The van der Waals surface area contributed by atoms with Crippen LogP contribution in [0.3, 0.4) is 0 Å². The first-order valence-electron chi connectivity index (χ1n) is 9.61. The minimum absolute atomic E-state index is 0.00184. The van der Waals surface area contributed by atoms with Gasteiger partial charge in [0.1, 0.15) is 5.65 Å². The van der Waals surface area contributed by atoms with Crippen molar-refractivity contribution in [2.45, 2.75) is 6.42 Å². The number of benzene rings is 1. The zero-order chi connectivity index (χ0) is 20.1. The number of nitrogens with zero attached hydrogens (tertiary/aromatic N) is 2. The summed E-state index contributed by atoms with van der Waals surface area (Å²) in [6.45, 7) is 1.17. The Morgan fingerprint density at radius 1 is 1.17 bits per heavy atom. The molecule has 6 heteroatoms. The Labute approximate surface area is 168 Å². The molecule has 0 fully saturated rings. The van der Waals surface area contributed by atoms with E-state index in [0.29, 0.717) is 13.1 Å². The number of rotatable bonds is 5. The summed E-state index contributed by atoms with van der Waals surface area (Å²) in [7, 11) is 0. The molecular weight excluding hydrogens is 364 g/mol. The van der Waals surface area contributed by atoms with Gasteiger partial charge < -0.3 is 15.2 Å². The van der Waals surface area contributed by atoms with Gasteiger partial charge in [-0.1, -0.05) is 36.4 Å². The molecule has 29 heavy (non-hydrogen) atoms. The van der Waals surface area contributed by atoms with Crippen molar-refractivity contribution in [3.8, 4) is 0 Å². The molecule has 0 unspecified atom stereocenters. The summed E-state index contributed by atoms with van der Waals surface area (Å²) < 4.78 is 0. The molecule has 2 aromatic heterocycles. The van der Waals surface area contributed by atoms with Crippen LogP contribution in [0.4, 0.5) is 0 Å². The van der Waals surface area contributed by atoms with E-state index in [-0.39, 0.29) is 18.4 Å². The summed E-state index contributed by atoms with van der Waals surface area (Å²) in [5.41, 5.74) is 4.16. The highest BCUT2D eigenvalue weighted by atomic mass is 16.2. The highest BCUT2D eigenvalue weighted by molar-refractivity contribution is 5.95. The quantitative estimate of drug-likeness (QED) is 0.662. The predicted molar refractivity (Wildman–Crippen MR) is 114 cm³/mol. The number of pyridine rings is 1. The van der Waals surface area contributed by atoms with E-state index in [1.54, 1.807) is 17.2 Å². The third-order valence-electron chi connectivity index (χ3n) is 5.00. The molecule has 0 atom stereocenters. The molecule has 4 rings (SSSR count). The van der Waals surface area contributed by atoms with Gasteiger partial charge >= 0.3 is 0 Å². The number of hydrogen-bond acceptors (Lipinski definition) is 3. The lowest BCUT2D eigenvalue weighted by Crippen LogP contribution is -2.41. The second-order valence-electron chi connectivity index (χ2n) is 6.88. The van der Waals surface area contributed by atoms with Crippen LogP contribution in [0.2, 0.25) is 0 Å². The third kappa shape index (κ3) is 4.43. The van der Waals surface area contributed by atoms with Crippen LogP contribution in [-0.2, 0) is 9.59 Å². The van der Waals surface area contributed by atoms with Crippen molar-refractivity contribution in [3.63, 3.8) is 0 Å². The number of amides is 2. The van der Waals surface area contributed by atoms with Crippen molar-refractivity contribution in [1.29, 1.82) is 0 Å². The van der Waals surface area contributed by atoms with Crippen LogP contribution >= 0.6 is 0 Å². The van der Waals surface area contributed by atoms with E-state index in [9.17, 15) is 9.59 Å². The first kappa shape index (κ1) is 18.7. The summed E-state index contributed by atoms with van der Waals surface area (Å²) in [6.07, 6.45) is 9.76. The second kappa shape index (κ2) is 8.56. The molecule has 0 radical (unpaired) electrons. The molecule has 1 aromatic carbocycles. The molecule has 0 saturated heterocycles. The van der Waals surface area contributed by atoms with Crippen molar-refractivity contribution in [2.75, 3.05) is 19.6 Å². The third-order valence-corrected chi connectivity index (χ3v) is 5.00. The average molecular weight is 386 g/mol. The first-order valence-corrected chi connectivity index (χ1v) is 9.61. The Hall–Kier alpha value is -3.67. The molecule has 0 aliphatic carbocycles. The number of fused-ring (bicyclic) bond motifs is 1. The van der Waals surface area contributed by atoms with Gasteiger partial charge in [0.05, 0.1) is 6.54 Å². The first-order chi connectivity index (χ1) is 14.2. The van der Waals surface area contributed by atoms with Gasteiger partial charge in [-0.2, -0.15) is 0 Å². The van der Waals surface area contributed by atoms with Crippen molar-refractivity contribution in [2.24, 2.45) is 0 Å². The summed E-state index contributed by atoms with van der Waals surface area (Å²) >= 11 is 0. The summed E-state index contributed by atoms with van der Waals surface area (Å²) in [6, 6.07) is 13.5. The molecule has 0 spiro atoms. The number of hydrogen-bond donors (Lipinski definition) is 2. The van der Waals surface area contributed by atoms with Gasteiger partial charge in [0.15, 0.2) is 0 Å². The zero-order valence-corrected chi connectivity index (χ0v) is 16.0. The number of H-pyrrole nitrogens is 1. The minimum Gasteiger partial charge on any atom is -0.346 e. The van der Waals surface area contributed by atoms with E-state index < -0.39 is 0 Å². The summed E-state index contributed by atoms with van der Waals surface area (Å²) in [5, 5.41) is 3.76. The Morgan fingerprint density at radius 3 is 2.83 bits per heavy atom. The Balaban J connectivity index is 1.31. The van der Waals surface area contributed by atoms with Gasteiger partial charge in [-0.3, -0.25) is 9.59 Å². The topological polar surface area (TPSA) is 78.1 Å². The smallest absolute Gasteiger partial charge is 0.244 e. The van der Waals surface area contributed by atoms with Crippen molar-refractivity contribution < 1.29 is 9.59 Å². The fourth-order valence-corrected chi connectivity index (χ4v) is 3.43. The van der Waals surface area contributed by atoms with Crippen molar-refractivity contribution in [3.05, 3.63) is 78.1 Å². The molecule has 3 heterocycles. The Kier molecular flexibility index (Phi) is 5.52. The molecular formula is C23H22N4O2. The van der Waals surface area contributed by atoms with Gasteiger partial charge in [-0.05, 0) is 35.8 Å². The standard InChI is InChI=1S/C23H22N4O2/c28-21(9-8-17-5-2-1-3-6-17)25-16-22(29)27-13-10-18(11-14-27)20-15-26-23-19(20)7-4-12-24-23/h1-10,12,15H,11,13-14,16H2,(H,24,26)(H,25,28)/b9-8+. The molecule has 0 saturated carbocycles. The highest BCUT2D eigenvalue weighted by Gasteiger charge is 2.19. The summed E-state index contributed by atoms with van der Waals surface area (Å²) in [4.78, 5) is 33.6. The average Bonchev–Trinajstić information content (AvgIpc) is 3.21. The van der Waals surface area contributed by atoms with Crippen LogP contribution in [0.5, 0.6) is 0 Å². The zero-order valence-electron chi connectivity index (χ0n) is 16.0. The van der Waals surface area contributed by atoms with Gasteiger partial charge in [-0.15, -0.1) is 0 Å². The monoisotopic (exact) mass is 386 g/mol. The SMILES string of the molecule is O=C(/C=C/c1ccccc1)NCC(=O)N1CC=C(c2c[nH]c3ncccc23)CC1. The molecule has 3 aromatic rings. The van der Waals surface area contributed by atoms with E-state index in [0.717, 1.165) is 28.6 Å². The maximum absolute atomic E-state index is 12.4.